The second-order valence-electron chi connectivity index (χ2n) is 6.20. The van der Waals surface area contributed by atoms with Crippen LogP contribution in [0.2, 0.25) is 0 Å². The van der Waals surface area contributed by atoms with Gasteiger partial charge >= 0.3 is 0 Å². The van der Waals surface area contributed by atoms with Crippen LogP contribution in [0.5, 0.6) is 0 Å². The minimum absolute atomic E-state index is 0.153. The van der Waals surface area contributed by atoms with Crippen molar-refractivity contribution >= 4 is 5.91 Å². The van der Waals surface area contributed by atoms with E-state index in [-0.39, 0.29) is 6.61 Å². The van der Waals surface area contributed by atoms with Gasteiger partial charge in [0.05, 0.1) is 12.7 Å². The molecule has 0 fully saturated rings. The van der Waals surface area contributed by atoms with Gasteiger partial charge in [0.15, 0.2) is 5.60 Å². The standard InChI is InChI=1S/C20H25NO4/c1-3-7-18(22)20(2,19(23)21-24)25-14-15-10-12-17(13-11-15)16-8-5-4-6-9-16/h4-6,8-13,18,22,24H,3,7,14H2,1-2H3,(H,21,23)/t18-,20-/m0/s1. The lowest BCUT2D eigenvalue weighted by Crippen LogP contribution is -2.53. The van der Waals surface area contributed by atoms with E-state index >= 15 is 0 Å². The molecule has 134 valence electrons. The Labute approximate surface area is 148 Å². The fourth-order valence-electron chi connectivity index (χ4n) is 2.63. The van der Waals surface area contributed by atoms with Gasteiger partial charge in [-0.2, -0.15) is 0 Å². The Balaban J connectivity index is 2.08. The largest absolute Gasteiger partial charge is 0.390 e. The highest BCUT2D eigenvalue weighted by molar-refractivity contribution is 5.84. The number of amides is 1. The first-order valence-electron chi connectivity index (χ1n) is 8.42. The Kier molecular flexibility index (Phi) is 6.70. The molecule has 0 aliphatic carbocycles. The molecule has 2 atom stereocenters. The molecule has 0 saturated carbocycles. The molecule has 1 amide bonds. The third-order valence-corrected chi connectivity index (χ3v) is 4.35. The molecule has 25 heavy (non-hydrogen) atoms. The number of carbonyl (C=O) groups excluding carboxylic acids is 1. The monoisotopic (exact) mass is 343 g/mol. The molecule has 5 heteroatoms. The van der Waals surface area contributed by atoms with Crippen LogP contribution >= 0.6 is 0 Å². The van der Waals surface area contributed by atoms with Crippen molar-refractivity contribution in [3.05, 3.63) is 60.2 Å². The number of aliphatic hydroxyl groups excluding tert-OH is 1. The Morgan fingerprint density at radius 3 is 2.28 bits per heavy atom. The van der Waals surface area contributed by atoms with Crippen LogP contribution in [0.25, 0.3) is 11.1 Å². The number of hydrogen-bond donors (Lipinski definition) is 3. The van der Waals surface area contributed by atoms with E-state index in [0.29, 0.717) is 12.8 Å². The fraction of sp³-hybridized carbons (Fsp3) is 0.350. The number of carbonyl (C=O) groups is 1. The number of rotatable bonds is 8. The van der Waals surface area contributed by atoms with Crippen molar-refractivity contribution in [1.82, 2.24) is 5.48 Å². The number of aliphatic hydroxyl groups is 1. The molecule has 0 spiro atoms. The van der Waals surface area contributed by atoms with Crippen LogP contribution in [0.15, 0.2) is 54.6 Å². The van der Waals surface area contributed by atoms with Gasteiger partial charge < -0.3 is 9.84 Å². The highest BCUT2D eigenvalue weighted by Crippen LogP contribution is 2.24. The maximum Gasteiger partial charge on any atom is 0.277 e. The van der Waals surface area contributed by atoms with E-state index in [9.17, 15) is 9.90 Å². The summed E-state index contributed by atoms with van der Waals surface area (Å²) in [4.78, 5) is 12.0. The van der Waals surface area contributed by atoms with Gasteiger partial charge in [0.25, 0.3) is 5.91 Å². The van der Waals surface area contributed by atoms with Crippen molar-refractivity contribution < 1.29 is 19.8 Å². The van der Waals surface area contributed by atoms with E-state index in [2.05, 4.69) is 0 Å². The summed E-state index contributed by atoms with van der Waals surface area (Å²) < 4.78 is 5.71. The van der Waals surface area contributed by atoms with E-state index in [1.807, 2.05) is 61.5 Å². The number of ether oxygens (including phenoxy) is 1. The maximum atomic E-state index is 12.0. The van der Waals surface area contributed by atoms with Gasteiger partial charge in [0.1, 0.15) is 0 Å². The summed E-state index contributed by atoms with van der Waals surface area (Å²) in [5.41, 5.74) is 3.16. The zero-order valence-electron chi connectivity index (χ0n) is 14.6. The predicted molar refractivity (Wildman–Crippen MR) is 95.9 cm³/mol. The van der Waals surface area contributed by atoms with Gasteiger partial charge in [-0.25, -0.2) is 5.48 Å². The fourth-order valence-corrected chi connectivity index (χ4v) is 2.63. The Bertz CT molecular complexity index is 672. The quantitative estimate of drug-likeness (QED) is 0.508. The van der Waals surface area contributed by atoms with Crippen LogP contribution in [0.4, 0.5) is 0 Å². The van der Waals surface area contributed by atoms with Crippen LogP contribution in [-0.2, 0) is 16.1 Å². The summed E-state index contributed by atoms with van der Waals surface area (Å²) in [7, 11) is 0. The minimum Gasteiger partial charge on any atom is -0.390 e. The second-order valence-corrected chi connectivity index (χ2v) is 6.20. The van der Waals surface area contributed by atoms with Gasteiger partial charge in [-0.15, -0.1) is 0 Å². The molecule has 2 rings (SSSR count). The second kappa shape index (κ2) is 8.76. The average molecular weight is 343 g/mol. The predicted octanol–water partition coefficient (Wildman–Crippen LogP) is 3.30. The van der Waals surface area contributed by atoms with Crippen LogP contribution < -0.4 is 5.48 Å². The molecule has 0 aromatic heterocycles. The first-order valence-corrected chi connectivity index (χ1v) is 8.42. The number of hydroxylamine groups is 1. The number of nitrogens with one attached hydrogen (secondary N) is 1. The molecule has 0 heterocycles. The lowest BCUT2D eigenvalue weighted by molar-refractivity contribution is -0.173. The summed E-state index contributed by atoms with van der Waals surface area (Å²) in [5, 5.41) is 19.2. The molecule has 0 saturated heterocycles. The number of hydrogen-bond acceptors (Lipinski definition) is 4. The molecule has 2 aromatic rings. The first-order chi connectivity index (χ1) is 12.0. The average Bonchev–Trinajstić information content (AvgIpc) is 2.66. The van der Waals surface area contributed by atoms with Crippen molar-refractivity contribution in [2.75, 3.05) is 0 Å². The van der Waals surface area contributed by atoms with E-state index < -0.39 is 17.6 Å². The van der Waals surface area contributed by atoms with Crippen LogP contribution in [0.3, 0.4) is 0 Å². The van der Waals surface area contributed by atoms with Crippen molar-refractivity contribution in [3.8, 4) is 11.1 Å². The maximum absolute atomic E-state index is 12.0. The van der Waals surface area contributed by atoms with Crippen molar-refractivity contribution in [3.63, 3.8) is 0 Å². The molecule has 5 nitrogen and oxygen atoms in total. The highest BCUT2D eigenvalue weighted by atomic mass is 16.5. The summed E-state index contributed by atoms with van der Waals surface area (Å²) in [6.07, 6.45) is 0.0924. The molecule has 0 radical (unpaired) electrons. The van der Waals surface area contributed by atoms with E-state index in [1.165, 1.54) is 6.92 Å². The zero-order chi connectivity index (χ0) is 18.3. The van der Waals surface area contributed by atoms with Crippen molar-refractivity contribution in [2.45, 2.75) is 45.0 Å². The SMILES string of the molecule is CCC[C@H](O)[C@](C)(OCc1ccc(-c2ccccc2)cc1)C(=O)NO. The van der Waals surface area contributed by atoms with Gasteiger partial charge in [0.2, 0.25) is 0 Å². The highest BCUT2D eigenvalue weighted by Gasteiger charge is 2.41. The van der Waals surface area contributed by atoms with E-state index in [4.69, 9.17) is 9.94 Å². The summed E-state index contributed by atoms with van der Waals surface area (Å²) in [6.45, 7) is 3.54. The van der Waals surface area contributed by atoms with Gasteiger partial charge in [0, 0.05) is 0 Å². The normalized spacial score (nSPS) is 14.6. The minimum atomic E-state index is -1.51. The molecule has 0 aliphatic heterocycles. The van der Waals surface area contributed by atoms with Crippen molar-refractivity contribution in [1.29, 1.82) is 0 Å². The van der Waals surface area contributed by atoms with Gasteiger partial charge in [-0.05, 0) is 30.0 Å². The third-order valence-electron chi connectivity index (χ3n) is 4.35. The van der Waals surface area contributed by atoms with Crippen LogP contribution in [-0.4, -0.2) is 27.9 Å². The Morgan fingerprint density at radius 1 is 1.12 bits per heavy atom. The summed E-state index contributed by atoms with van der Waals surface area (Å²) >= 11 is 0. The molecule has 0 bridgehead atoms. The van der Waals surface area contributed by atoms with Crippen LogP contribution in [0, 0.1) is 0 Å². The molecule has 2 aromatic carbocycles. The van der Waals surface area contributed by atoms with Gasteiger partial charge in [-0.3, -0.25) is 10.0 Å². The molecule has 0 unspecified atom stereocenters. The molecular formula is C20H25NO4. The van der Waals surface area contributed by atoms with Gasteiger partial charge in [-0.1, -0.05) is 67.9 Å². The molecule has 3 N–H and O–H groups in total. The topological polar surface area (TPSA) is 78.8 Å². The Morgan fingerprint density at radius 2 is 1.72 bits per heavy atom. The van der Waals surface area contributed by atoms with E-state index in [0.717, 1.165) is 16.7 Å². The number of benzene rings is 2. The van der Waals surface area contributed by atoms with Crippen LogP contribution in [0.1, 0.15) is 32.3 Å². The summed E-state index contributed by atoms with van der Waals surface area (Å²) in [5.74, 6) is -0.755. The Hall–Kier alpha value is -2.21. The smallest absolute Gasteiger partial charge is 0.277 e. The lowest BCUT2D eigenvalue weighted by atomic mass is 9.94. The third kappa shape index (κ3) is 4.66. The zero-order valence-corrected chi connectivity index (χ0v) is 14.6. The summed E-state index contributed by atoms with van der Waals surface area (Å²) in [6, 6.07) is 17.8. The van der Waals surface area contributed by atoms with Crippen molar-refractivity contribution in [2.24, 2.45) is 0 Å². The molecule has 0 aliphatic rings. The first kappa shape index (κ1) is 19.1. The van der Waals surface area contributed by atoms with E-state index in [1.54, 1.807) is 5.48 Å². The lowest BCUT2D eigenvalue weighted by Gasteiger charge is -2.32. The molecular weight excluding hydrogens is 318 g/mol.